The minimum Gasteiger partial charge on any atom is -1.00 e. The maximum atomic E-state index is 6.22. The largest absolute Gasteiger partial charge is 1.00 e. The molecule has 1 aromatic heterocycles. The average molecular weight is 481 g/mol. The highest BCUT2D eigenvalue weighted by Crippen LogP contribution is 2.41. The predicted molar refractivity (Wildman–Crippen MR) is 133 cm³/mol. The lowest BCUT2D eigenvalue weighted by molar-refractivity contribution is -0.947. The molecule has 0 N–H and O–H groups in total. The van der Waals surface area contributed by atoms with Gasteiger partial charge in [-0.3, -0.25) is 0 Å². The van der Waals surface area contributed by atoms with Gasteiger partial charge in [0, 0.05) is 25.0 Å². The summed E-state index contributed by atoms with van der Waals surface area (Å²) in [6.45, 7) is 16.1. The quantitative estimate of drug-likeness (QED) is 0.288. The van der Waals surface area contributed by atoms with Crippen LogP contribution >= 0.6 is 0 Å². The van der Waals surface area contributed by atoms with Crippen LogP contribution in [0, 0.1) is 6.92 Å². The number of ether oxygens (including phenoxy) is 2. The number of halogens is 1. The van der Waals surface area contributed by atoms with E-state index in [4.69, 9.17) is 14.5 Å². The second-order valence-corrected chi connectivity index (χ2v) is 10.9. The highest BCUT2D eigenvalue weighted by molar-refractivity contribution is 5.46. The monoisotopic (exact) mass is 480 g/mol. The van der Waals surface area contributed by atoms with Gasteiger partial charge < -0.3 is 26.4 Å². The Kier molecular flexibility index (Phi) is 11.4. The van der Waals surface area contributed by atoms with Crippen LogP contribution in [-0.4, -0.2) is 28.3 Å². The third kappa shape index (κ3) is 7.83. The molecule has 3 rings (SSSR count). The second-order valence-electron chi connectivity index (χ2n) is 10.9. The van der Waals surface area contributed by atoms with Gasteiger partial charge >= 0.3 is 0 Å². The Morgan fingerprint density at radius 2 is 1.33 bits per heavy atom. The summed E-state index contributed by atoms with van der Waals surface area (Å²) >= 11 is 0. The molecular formula is C28H49ClN2O2. The summed E-state index contributed by atoms with van der Waals surface area (Å²) in [4.78, 5) is 5.07. The molecule has 5 heteroatoms. The molecule has 0 spiro atoms. The number of unbranched alkanes of at least 4 members (excludes halogenated alkanes) is 10. The number of fused-ring (bicyclic) bond motifs is 3. The van der Waals surface area contributed by atoms with Crippen molar-refractivity contribution in [2.45, 2.75) is 137 Å². The number of rotatable bonds is 14. The summed E-state index contributed by atoms with van der Waals surface area (Å²) in [6, 6.07) is 0. The van der Waals surface area contributed by atoms with Crippen LogP contribution in [0.5, 0.6) is 5.75 Å². The lowest BCUT2D eigenvalue weighted by atomic mass is 10.0. The minimum atomic E-state index is -0.560. The fraction of sp³-hybridized carbons (Fsp3) is 0.821. The van der Waals surface area contributed by atoms with E-state index < -0.39 is 5.79 Å². The minimum absolute atomic E-state index is 0. The molecule has 0 aromatic carbocycles. The summed E-state index contributed by atoms with van der Waals surface area (Å²) in [5.41, 5.74) is 5.05. The highest BCUT2D eigenvalue weighted by Gasteiger charge is 2.41. The van der Waals surface area contributed by atoms with Gasteiger partial charge in [-0.15, -0.1) is 0 Å². The molecule has 0 aliphatic carbocycles. The van der Waals surface area contributed by atoms with Crippen molar-refractivity contribution < 1.29 is 26.4 Å². The van der Waals surface area contributed by atoms with E-state index in [2.05, 4.69) is 20.8 Å². The molecule has 2 aliphatic heterocycles. The Morgan fingerprint density at radius 1 is 0.788 bits per heavy atom. The van der Waals surface area contributed by atoms with Crippen molar-refractivity contribution in [3.8, 4) is 5.75 Å². The van der Waals surface area contributed by atoms with E-state index in [1.165, 1.54) is 111 Å². The summed E-state index contributed by atoms with van der Waals surface area (Å²) < 4.78 is 13.5. The van der Waals surface area contributed by atoms with E-state index in [1.54, 1.807) is 0 Å². The third-order valence-electron chi connectivity index (χ3n) is 7.48. The summed E-state index contributed by atoms with van der Waals surface area (Å²) in [5, 5.41) is 0. The van der Waals surface area contributed by atoms with E-state index in [-0.39, 0.29) is 12.4 Å². The van der Waals surface area contributed by atoms with Crippen LogP contribution in [-0.2, 0) is 24.4 Å². The molecule has 0 amide bonds. The first-order chi connectivity index (χ1) is 15.4. The van der Waals surface area contributed by atoms with Gasteiger partial charge in [0.1, 0.15) is 24.5 Å². The number of hydrogen-bond donors (Lipinski definition) is 0. The Morgan fingerprint density at radius 3 is 1.91 bits per heavy atom. The molecule has 1 aromatic rings. The molecule has 190 valence electrons. The van der Waals surface area contributed by atoms with Crippen LogP contribution < -0.4 is 17.1 Å². The average Bonchev–Trinajstić information content (AvgIpc) is 3.11. The number of aryl methyl sites for hydroxylation is 1. The molecule has 0 saturated heterocycles. The van der Waals surface area contributed by atoms with E-state index in [0.717, 1.165) is 24.5 Å². The van der Waals surface area contributed by atoms with E-state index >= 15 is 0 Å². The van der Waals surface area contributed by atoms with Gasteiger partial charge in [0.25, 0.3) is 0 Å². The molecule has 0 atom stereocenters. The molecule has 4 nitrogen and oxygen atoms in total. The van der Waals surface area contributed by atoms with Crippen molar-refractivity contribution in [2.24, 2.45) is 0 Å². The summed E-state index contributed by atoms with van der Waals surface area (Å²) in [5.74, 6) is 0.425. The molecular weight excluding hydrogens is 432 g/mol. The van der Waals surface area contributed by atoms with E-state index in [1.807, 2.05) is 13.8 Å². The maximum absolute atomic E-state index is 6.22. The van der Waals surface area contributed by atoms with Crippen LogP contribution in [0.1, 0.15) is 127 Å². The highest BCUT2D eigenvalue weighted by atomic mass is 35.5. The lowest BCUT2D eigenvalue weighted by Gasteiger charge is -2.35. The smallest absolute Gasteiger partial charge is 0.205 e. The van der Waals surface area contributed by atoms with Crippen molar-refractivity contribution in [3.63, 3.8) is 0 Å². The van der Waals surface area contributed by atoms with Crippen LogP contribution in [0.25, 0.3) is 0 Å². The zero-order valence-corrected chi connectivity index (χ0v) is 22.9. The normalized spacial score (nSPS) is 17.7. The Hall–Kier alpha value is -0.840. The van der Waals surface area contributed by atoms with Crippen LogP contribution in [0.2, 0.25) is 0 Å². The van der Waals surface area contributed by atoms with E-state index in [0.29, 0.717) is 6.61 Å². The fourth-order valence-corrected chi connectivity index (χ4v) is 5.57. The predicted octanol–water partition coefficient (Wildman–Crippen LogP) is 4.59. The molecule has 0 saturated carbocycles. The molecule has 0 fully saturated rings. The number of aromatic nitrogens is 1. The standard InChI is InChI=1S/C28H49N2O2.ClH/c1-6-8-10-12-14-16-18-30(19-17-15-13-11-9-7-2)20-24-25-22-31-28(4,5)32-27(25)23(3)29-26(24)21-30;/h6-22H2,1-5H3;1H/q+1;/p-1. The van der Waals surface area contributed by atoms with E-state index in [9.17, 15) is 0 Å². The van der Waals surface area contributed by atoms with Crippen LogP contribution in [0.3, 0.4) is 0 Å². The van der Waals surface area contributed by atoms with Crippen molar-refractivity contribution in [3.05, 3.63) is 22.5 Å². The third-order valence-corrected chi connectivity index (χ3v) is 7.48. The zero-order chi connectivity index (χ0) is 23.0. The first-order valence-corrected chi connectivity index (χ1v) is 13.6. The van der Waals surface area contributed by atoms with Crippen LogP contribution in [0.15, 0.2) is 0 Å². The zero-order valence-electron chi connectivity index (χ0n) is 22.1. The van der Waals surface area contributed by atoms with Gasteiger partial charge in [0.2, 0.25) is 5.79 Å². The number of quaternary nitrogens is 1. The van der Waals surface area contributed by atoms with Gasteiger partial charge in [-0.1, -0.05) is 65.2 Å². The molecule has 0 bridgehead atoms. The number of nitrogens with zero attached hydrogens (tertiary/aromatic N) is 2. The van der Waals surface area contributed by atoms with Gasteiger partial charge in [0.15, 0.2) is 0 Å². The van der Waals surface area contributed by atoms with Gasteiger partial charge in [0.05, 0.1) is 25.4 Å². The van der Waals surface area contributed by atoms with Gasteiger partial charge in [-0.25, -0.2) is 4.98 Å². The SMILES string of the molecule is CCCCCCCC[N+]1(CCCCCCCC)Cc2nc(C)c3c(c2C1)COC(C)(C)O3.[Cl-]. The first-order valence-electron chi connectivity index (χ1n) is 13.6. The lowest BCUT2D eigenvalue weighted by Crippen LogP contribution is -3.00. The maximum Gasteiger partial charge on any atom is 0.205 e. The molecule has 0 radical (unpaired) electrons. The fourth-order valence-electron chi connectivity index (χ4n) is 5.57. The Labute approximate surface area is 209 Å². The summed E-state index contributed by atoms with van der Waals surface area (Å²) in [6.07, 6.45) is 16.4. The topological polar surface area (TPSA) is 31.4 Å². The van der Waals surface area contributed by atoms with Crippen LogP contribution in [0.4, 0.5) is 0 Å². The second kappa shape index (κ2) is 13.3. The van der Waals surface area contributed by atoms with Crippen molar-refractivity contribution in [1.29, 1.82) is 0 Å². The Bertz CT molecular complexity index is 719. The van der Waals surface area contributed by atoms with Crippen molar-refractivity contribution in [1.82, 2.24) is 4.98 Å². The molecule has 0 unspecified atom stereocenters. The van der Waals surface area contributed by atoms with Gasteiger partial charge in [-0.05, 0) is 32.6 Å². The van der Waals surface area contributed by atoms with Crippen molar-refractivity contribution >= 4 is 0 Å². The molecule has 3 heterocycles. The Balaban J connectivity index is 0.00000385. The summed E-state index contributed by atoms with van der Waals surface area (Å²) in [7, 11) is 0. The van der Waals surface area contributed by atoms with Gasteiger partial charge in [-0.2, -0.15) is 0 Å². The molecule has 2 aliphatic rings. The number of hydrogen-bond acceptors (Lipinski definition) is 3. The number of pyridine rings is 1. The van der Waals surface area contributed by atoms with Crippen molar-refractivity contribution in [2.75, 3.05) is 13.1 Å². The first kappa shape index (κ1) is 28.4. The molecule has 33 heavy (non-hydrogen) atoms.